The van der Waals surface area contributed by atoms with Crippen LogP contribution in [0.25, 0.3) is 10.9 Å². The number of ether oxygens (including phenoxy) is 1. The molecule has 0 atom stereocenters. The number of hydrogen-bond acceptors (Lipinski definition) is 2. The molecule has 1 amide bonds. The Hall–Kier alpha value is -2.96. The standard InChI is InChI=1S/C22H21F3N2O2/c23-22(24,25)16-4-3-5-17(12-16)29-14-21(28)27-10-8-15(9-11-27)19-13-26-20-7-2-1-6-18(19)20/h1-7,12-13,15,26H,8-11,14H2. The van der Waals surface area contributed by atoms with Gasteiger partial charge in [0, 0.05) is 30.2 Å². The van der Waals surface area contributed by atoms with E-state index < -0.39 is 11.7 Å². The first kappa shape index (κ1) is 19.4. The number of aromatic nitrogens is 1. The summed E-state index contributed by atoms with van der Waals surface area (Å²) in [5.41, 5.74) is 1.59. The number of alkyl halides is 3. The molecule has 1 saturated heterocycles. The van der Waals surface area contributed by atoms with Crippen molar-refractivity contribution in [3.8, 4) is 5.75 Å². The van der Waals surface area contributed by atoms with Gasteiger partial charge in [-0.15, -0.1) is 0 Å². The van der Waals surface area contributed by atoms with Crippen LogP contribution in [0, 0.1) is 0 Å². The second-order valence-corrected chi connectivity index (χ2v) is 7.26. The number of halogens is 3. The number of fused-ring (bicyclic) bond motifs is 1. The number of piperidine rings is 1. The lowest BCUT2D eigenvalue weighted by molar-refractivity contribution is -0.137. The van der Waals surface area contributed by atoms with E-state index in [1.165, 1.54) is 23.1 Å². The molecule has 4 nitrogen and oxygen atoms in total. The first-order valence-electron chi connectivity index (χ1n) is 9.55. The number of aromatic amines is 1. The molecule has 0 radical (unpaired) electrons. The average molecular weight is 402 g/mol. The van der Waals surface area contributed by atoms with Crippen molar-refractivity contribution in [1.29, 1.82) is 0 Å². The van der Waals surface area contributed by atoms with Gasteiger partial charge in [-0.05, 0) is 48.6 Å². The van der Waals surface area contributed by atoms with Crippen LogP contribution >= 0.6 is 0 Å². The predicted octanol–water partition coefficient (Wildman–Crippen LogP) is 4.97. The van der Waals surface area contributed by atoms with Gasteiger partial charge in [-0.1, -0.05) is 24.3 Å². The Kier molecular flexibility index (Phi) is 5.22. The van der Waals surface area contributed by atoms with Crippen molar-refractivity contribution in [2.45, 2.75) is 24.9 Å². The number of rotatable bonds is 4. The van der Waals surface area contributed by atoms with Crippen LogP contribution in [0.5, 0.6) is 5.75 Å². The summed E-state index contributed by atoms with van der Waals surface area (Å²) in [6.07, 6.45) is -0.703. The first-order chi connectivity index (χ1) is 13.9. The second-order valence-electron chi connectivity index (χ2n) is 7.26. The van der Waals surface area contributed by atoms with Crippen molar-refractivity contribution in [1.82, 2.24) is 9.88 Å². The molecule has 1 aromatic heterocycles. The number of para-hydroxylation sites is 1. The van der Waals surface area contributed by atoms with Crippen LogP contribution in [0.15, 0.2) is 54.7 Å². The van der Waals surface area contributed by atoms with E-state index in [4.69, 9.17) is 4.74 Å². The van der Waals surface area contributed by atoms with Crippen LogP contribution < -0.4 is 4.74 Å². The number of likely N-dealkylation sites (tertiary alicyclic amines) is 1. The van der Waals surface area contributed by atoms with Crippen LogP contribution in [0.3, 0.4) is 0 Å². The molecular weight excluding hydrogens is 381 g/mol. The summed E-state index contributed by atoms with van der Waals surface area (Å²) in [7, 11) is 0. The van der Waals surface area contributed by atoms with Crippen molar-refractivity contribution >= 4 is 16.8 Å². The molecule has 0 unspecified atom stereocenters. The fourth-order valence-electron chi connectivity index (χ4n) is 3.87. The summed E-state index contributed by atoms with van der Waals surface area (Å²) < 4.78 is 43.6. The number of carbonyl (C=O) groups excluding carboxylic acids is 1. The maximum Gasteiger partial charge on any atom is 0.416 e. The molecule has 2 aromatic carbocycles. The first-order valence-corrected chi connectivity index (χ1v) is 9.55. The quantitative estimate of drug-likeness (QED) is 0.670. The minimum atomic E-state index is -4.44. The molecule has 1 aliphatic rings. The molecule has 4 rings (SSSR count). The Morgan fingerprint density at radius 3 is 2.62 bits per heavy atom. The zero-order valence-corrected chi connectivity index (χ0v) is 15.7. The normalized spacial score (nSPS) is 15.6. The Balaban J connectivity index is 1.33. The summed E-state index contributed by atoms with van der Waals surface area (Å²) in [6, 6.07) is 12.7. The third kappa shape index (κ3) is 4.23. The minimum Gasteiger partial charge on any atom is -0.484 e. The predicted molar refractivity (Wildman–Crippen MR) is 104 cm³/mol. The average Bonchev–Trinajstić information content (AvgIpc) is 3.16. The molecule has 0 spiro atoms. The molecule has 3 aromatic rings. The molecule has 2 heterocycles. The van der Waals surface area contributed by atoms with Crippen molar-refractivity contribution < 1.29 is 22.7 Å². The lowest BCUT2D eigenvalue weighted by Crippen LogP contribution is -2.40. The van der Waals surface area contributed by atoms with Gasteiger partial charge in [-0.25, -0.2) is 0 Å². The molecule has 1 N–H and O–H groups in total. The number of hydrogen-bond donors (Lipinski definition) is 1. The van der Waals surface area contributed by atoms with Crippen LogP contribution in [0.4, 0.5) is 13.2 Å². The number of amides is 1. The van der Waals surface area contributed by atoms with E-state index in [-0.39, 0.29) is 18.3 Å². The number of carbonyl (C=O) groups is 1. The molecule has 152 valence electrons. The van der Waals surface area contributed by atoms with Gasteiger partial charge in [0.25, 0.3) is 5.91 Å². The molecular formula is C22H21F3N2O2. The Bertz CT molecular complexity index is 1000. The Labute approximate surface area is 166 Å². The molecule has 0 saturated carbocycles. The molecule has 29 heavy (non-hydrogen) atoms. The van der Waals surface area contributed by atoms with Gasteiger partial charge in [0.15, 0.2) is 6.61 Å². The van der Waals surface area contributed by atoms with E-state index in [9.17, 15) is 18.0 Å². The number of H-pyrrole nitrogens is 1. The number of nitrogens with one attached hydrogen (secondary N) is 1. The van der Waals surface area contributed by atoms with Gasteiger partial charge < -0.3 is 14.6 Å². The van der Waals surface area contributed by atoms with E-state index in [2.05, 4.69) is 11.1 Å². The highest BCUT2D eigenvalue weighted by atomic mass is 19.4. The molecule has 7 heteroatoms. The van der Waals surface area contributed by atoms with Crippen LogP contribution in [0.2, 0.25) is 0 Å². The minimum absolute atomic E-state index is 0.0434. The van der Waals surface area contributed by atoms with Crippen LogP contribution in [-0.2, 0) is 11.0 Å². The highest BCUT2D eigenvalue weighted by Gasteiger charge is 2.31. The van der Waals surface area contributed by atoms with Crippen molar-refractivity contribution in [3.05, 3.63) is 65.9 Å². The van der Waals surface area contributed by atoms with E-state index in [0.717, 1.165) is 30.5 Å². The van der Waals surface area contributed by atoms with Gasteiger partial charge in [-0.2, -0.15) is 13.2 Å². The third-order valence-corrected chi connectivity index (χ3v) is 5.43. The maximum absolute atomic E-state index is 12.8. The fraction of sp³-hybridized carbons (Fsp3) is 0.318. The molecule has 1 fully saturated rings. The fourth-order valence-corrected chi connectivity index (χ4v) is 3.87. The van der Waals surface area contributed by atoms with E-state index in [0.29, 0.717) is 19.0 Å². The topological polar surface area (TPSA) is 45.3 Å². The van der Waals surface area contributed by atoms with E-state index >= 15 is 0 Å². The monoisotopic (exact) mass is 402 g/mol. The van der Waals surface area contributed by atoms with E-state index in [1.807, 2.05) is 24.4 Å². The van der Waals surface area contributed by atoms with Crippen LogP contribution in [0.1, 0.15) is 29.9 Å². The van der Waals surface area contributed by atoms with Gasteiger partial charge in [0.05, 0.1) is 5.56 Å². The summed E-state index contributed by atoms with van der Waals surface area (Å²) in [5, 5.41) is 1.21. The summed E-state index contributed by atoms with van der Waals surface area (Å²) in [4.78, 5) is 17.4. The lowest BCUT2D eigenvalue weighted by atomic mass is 9.89. The smallest absolute Gasteiger partial charge is 0.416 e. The summed E-state index contributed by atoms with van der Waals surface area (Å²) in [5.74, 6) is 0.209. The van der Waals surface area contributed by atoms with Gasteiger partial charge >= 0.3 is 6.18 Å². The number of nitrogens with zero attached hydrogens (tertiary/aromatic N) is 1. The largest absolute Gasteiger partial charge is 0.484 e. The maximum atomic E-state index is 12.8. The zero-order chi connectivity index (χ0) is 20.4. The Morgan fingerprint density at radius 1 is 1.10 bits per heavy atom. The lowest BCUT2D eigenvalue weighted by Gasteiger charge is -2.32. The van der Waals surface area contributed by atoms with Crippen molar-refractivity contribution in [2.75, 3.05) is 19.7 Å². The van der Waals surface area contributed by atoms with Gasteiger partial charge in [0.2, 0.25) is 0 Å². The van der Waals surface area contributed by atoms with Gasteiger partial charge in [-0.3, -0.25) is 4.79 Å². The molecule has 0 bridgehead atoms. The molecule has 0 aliphatic carbocycles. The summed E-state index contributed by atoms with van der Waals surface area (Å²) >= 11 is 0. The van der Waals surface area contributed by atoms with E-state index in [1.54, 1.807) is 4.90 Å². The van der Waals surface area contributed by atoms with Crippen LogP contribution in [-0.4, -0.2) is 35.5 Å². The number of benzene rings is 2. The summed E-state index contributed by atoms with van der Waals surface area (Å²) in [6.45, 7) is 0.947. The SMILES string of the molecule is O=C(COc1cccc(C(F)(F)F)c1)N1CCC(c2c[nH]c3ccccc23)CC1. The van der Waals surface area contributed by atoms with Crippen molar-refractivity contribution in [2.24, 2.45) is 0 Å². The second kappa shape index (κ2) is 7.81. The zero-order valence-electron chi connectivity index (χ0n) is 15.7. The molecule has 1 aliphatic heterocycles. The Morgan fingerprint density at radius 2 is 1.86 bits per heavy atom. The van der Waals surface area contributed by atoms with Crippen molar-refractivity contribution in [3.63, 3.8) is 0 Å². The van der Waals surface area contributed by atoms with Gasteiger partial charge in [0.1, 0.15) is 5.75 Å². The highest BCUT2D eigenvalue weighted by Crippen LogP contribution is 2.33. The third-order valence-electron chi connectivity index (χ3n) is 5.43. The highest BCUT2D eigenvalue weighted by molar-refractivity contribution is 5.83.